The largest absolute Gasteiger partial charge is 0.488 e. The average molecular weight is 242 g/mol. The molecule has 1 aromatic rings. The van der Waals surface area contributed by atoms with Gasteiger partial charge in [-0.25, -0.2) is 0 Å². The topological polar surface area (TPSA) is 44.5 Å². The second-order valence-corrected chi connectivity index (χ2v) is 4.37. The Hall–Kier alpha value is -0.770. The molecule has 1 aliphatic carbocycles. The summed E-state index contributed by atoms with van der Waals surface area (Å²) >= 11 is 5.88. The monoisotopic (exact) mass is 241 g/mol. The molecule has 0 aliphatic heterocycles. The zero-order valence-corrected chi connectivity index (χ0v) is 9.98. The van der Waals surface area contributed by atoms with E-state index in [1.165, 1.54) is 0 Å². The Morgan fingerprint density at radius 3 is 2.94 bits per heavy atom. The average Bonchev–Trinajstić information content (AvgIpc) is 2.26. The van der Waals surface area contributed by atoms with Crippen molar-refractivity contribution in [1.29, 1.82) is 0 Å². The molecule has 0 saturated heterocycles. The summed E-state index contributed by atoms with van der Waals surface area (Å²) in [5.41, 5.74) is 5.85. The predicted octanol–water partition coefficient (Wildman–Crippen LogP) is 2.22. The third-order valence-electron chi connectivity index (χ3n) is 2.74. The molecule has 1 fully saturated rings. The number of rotatable bonds is 4. The number of nitrogens with two attached hydrogens (primary N) is 1. The molecule has 0 radical (unpaired) electrons. The van der Waals surface area contributed by atoms with E-state index in [1.807, 2.05) is 25.1 Å². The minimum absolute atomic E-state index is 0.00369. The molecule has 3 nitrogen and oxygen atoms in total. The van der Waals surface area contributed by atoms with Gasteiger partial charge in [-0.3, -0.25) is 0 Å². The van der Waals surface area contributed by atoms with Crippen LogP contribution in [0.5, 0.6) is 5.75 Å². The fraction of sp³-hybridized carbons (Fsp3) is 0.500. The Bertz CT molecular complexity index is 359. The van der Waals surface area contributed by atoms with Gasteiger partial charge in [0.1, 0.15) is 18.0 Å². The lowest BCUT2D eigenvalue weighted by molar-refractivity contribution is -0.0945. The van der Waals surface area contributed by atoms with Gasteiger partial charge in [0.15, 0.2) is 0 Å². The predicted molar refractivity (Wildman–Crippen MR) is 63.9 cm³/mol. The number of hydrogen-bond acceptors (Lipinski definition) is 3. The number of hydrogen-bond donors (Lipinski definition) is 1. The van der Waals surface area contributed by atoms with E-state index in [0.29, 0.717) is 11.6 Å². The maximum absolute atomic E-state index is 5.88. The van der Waals surface area contributed by atoms with Crippen LogP contribution in [0, 0.1) is 0 Å². The molecule has 16 heavy (non-hydrogen) atoms. The Morgan fingerprint density at radius 2 is 2.31 bits per heavy atom. The van der Waals surface area contributed by atoms with E-state index in [2.05, 4.69) is 0 Å². The van der Waals surface area contributed by atoms with Gasteiger partial charge in [-0.1, -0.05) is 17.7 Å². The van der Waals surface area contributed by atoms with E-state index < -0.39 is 0 Å². The summed E-state index contributed by atoms with van der Waals surface area (Å²) in [5, 5.41) is 0.675. The van der Waals surface area contributed by atoms with E-state index in [9.17, 15) is 0 Å². The maximum atomic E-state index is 5.88. The van der Waals surface area contributed by atoms with E-state index in [0.717, 1.165) is 12.2 Å². The first kappa shape index (κ1) is 11.7. The van der Waals surface area contributed by atoms with Crippen molar-refractivity contribution in [3.63, 3.8) is 0 Å². The third-order valence-corrected chi connectivity index (χ3v) is 2.97. The molecule has 0 heterocycles. The van der Waals surface area contributed by atoms with Crippen molar-refractivity contribution in [3.05, 3.63) is 29.3 Å². The molecule has 88 valence electrons. The lowest BCUT2D eigenvalue weighted by Gasteiger charge is -2.41. The van der Waals surface area contributed by atoms with Gasteiger partial charge in [0.05, 0.1) is 0 Å². The van der Waals surface area contributed by atoms with Crippen LogP contribution >= 0.6 is 11.6 Å². The van der Waals surface area contributed by atoms with Crippen molar-refractivity contribution in [2.24, 2.45) is 5.73 Å². The van der Waals surface area contributed by atoms with E-state index in [-0.39, 0.29) is 18.2 Å². The van der Waals surface area contributed by atoms with Gasteiger partial charge in [0.2, 0.25) is 0 Å². The van der Waals surface area contributed by atoms with Crippen LogP contribution in [0.2, 0.25) is 5.02 Å². The van der Waals surface area contributed by atoms with Crippen LogP contribution in [0.4, 0.5) is 0 Å². The first-order chi connectivity index (χ1) is 7.70. The smallest absolute Gasteiger partial charge is 0.128 e. The Kier molecular flexibility index (Phi) is 3.69. The maximum Gasteiger partial charge on any atom is 0.128 e. The summed E-state index contributed by atoms with van der Waals surface area (Å²) in [4.78, 5) is 0. The zero-order valence-electron chi connectivity index (χ0n) is 9.23. The quantitative estimate of drug-likeness (QED) is 0.879. The van der Waals surface area contributed by atoms with Gasteiger partial charge in [-0.05, 0) is 25.1 Å². The van der Waals surface area contributed by atoms with Gasteiger partial charge in [0, 0.05) is 24.1 Å². The van der Waals surface area contributed by atoms with E-state index in [1.54, 1.807) is 6.07 Å². The van der Waals surface area contributed by atoms with Crippen molar-refractivity contribution in [3.8, 4) is 5.75 Å². The van der Waals surface area contributed by atoms with Crippen molar-refractivity contribution >= 4 is 11.6 Å². The van der Waals surface area contributed by atoms with E-state index in [4.69, 9.17) is 26.8 Å². The van der Waals surface area contributed by atoms with Crippen LogP contribution in [0.25, 0.3) is 0 Å². The second kappa shape index (κ2) is 5.04. The molecular formula is C12H16ClNO2. The first-order valence-electron chi connectivity index (χ1n) is 5.50. The van der Waals surface area contributed by atoms with Gasteiger partial charge in [-0.2, -0.15) is 0 Å². The van der Waals surface area contributed by atoms with Crippen LogP contribution in [-0.2, 0) is 4.74 Å². The molecule has 0 amide bonds. The fourth-order valence-corrected chi connectivity index (χ4v) is 2.05. The normalized spacial score (nSPS) is 28.6. The summed E-state index contributed by atoms with van der Waals surface area (Å²) in [6, 6.07) is 7.46. The highest BCUT2D eigenvalue weighted by atomic mass is 35.5. The van der Waals surface area contributed by atoms with Gasteiger partial charge in [-0.15, -0.1) is 0 Å². The molecule has 3 atom stereocenters. The molecule has 1 aliphatic rings. The van der Waals surface area contributed by atoms with Crippen LogP contribution in [0.15, 0.2) is 24.3 Å². The van der Waals surface area contributed by atoms with Crippen LogP contribution in [0.3, 0.4) is 0 Å². The Labute approximate surface area is 100 Å². The summed E-state index contributed by atoms with van der Waals surface area (Å²) in [6.07, 6.45) is 0.884. The first-order valence-corrected chi connectivity index (χ1v) is 5.88. The zero-order chi connectivity index (χ0) is 11.5. The molecular weight excluding hydrogens is 226 g/mol. The minimum atomic E-state index is 0.00369. The van der Waals surface area contributed by atoms with Gasteiger partial charge in [0.25, 0.3) is 0 Å². The molecule has 4 heteroatoms. The third kappa shape index (κ3) is 2.48. The van der Waals surface area contributed by atoms with Crippen molar-refractivity contribution in [1.82, 2.24) is 0 Å². The lowest BCUT2D eigenvalue weighted by Crippen LogP contribution is -2.59. The fourth-order valence-electron chi connectivity index (χ4n) is 1.87. The van der Waals surface area contributed by atoms with Crippen molar-refractivity contribution in [2.45, 2.75) is 31.6 Å². The SMILES string of the molecule is CCOC1C(N)CC1Oc1cccc(Cl)c1. The van der Waals surface area contributed by atoms with Crippen LogP contribution in [-0.4, -0.2) is 24.9 Å². The molecule has 0 bridgehead atoms. The second-order valence-electron chi connectivity index (χ2n) is 3.93. The Balaban J connectivity index is 1.95. The van der Waals surface area contributed by atoms with E-state index >= 15 is 0 Å². The van der Waals surface area contributed by atoms with Crippen LogP contribution in [0.1, 0.15) is 13.3 Å². The molecule has 2 rings (SSSR count). The summed E-state index contributed by atoms with van der Waals surface area (Å²) in [5.74, 6) is 0.772. The Morgan fingerprint density at radius 1 is 1.50 bits per heavy atom. The van der Waals surface area contributed by atoms with Crippen LogP contribution < -0.4 is 10.5 Å². The van der Waals surface area contributed by atoms with Gasteiger partial charge >= 0.3 is 0 Å². The molecule has 0 aromatic heterocycles. The van der Waals surface area contributed by atoms with Crippen molar-refractivity contribution < 1.29 is 9.47 Å². The minimum Gasteiger partial charge on any atom is -0.488 e. The highest BCUT2D eigenvalue weighted by Crippen LogP contribution is 2.28. The molecule has 1 aromatic carbocycles. The number of ether oxygens (including phenoxy) is 2. The molecule has 3 unspecified atom stereocenters. The molecule has 2 N–H and O–H groups in total. The molecule has 1 saturated carbocycles. The molecule has 0 spiro atoms. The standard InChI is InChI=1S/C12H16ClNO2/c1-2-15-12-10(14)7-11(12)16-9-5-3-4-8(13)6-9/h3-6,10-12H,2,7,14H2,1H3. The number of halogens is 1. The van der Waals surface area contributed by atoms with Gasteiger partial charge < -0.3 is 15.2 Å². The summed E-state index contributed by atoms with van der Waals surface area (Å²) < 4.78 is 11.3. The lowest BCUT2D eigenvalue weighted by atomic mass is 9.86. The van der Waals surface area contributed by atoms with Crippen molar-refractivity contribution in [2.75, 3.05) is 6.61 Å². The highest BCUT2D eigenvalue weighted by Gasteiger charge is 2.41. The number of benzene rings is 1. The highest BCUT2D eigenvalue weighted by molar-refractivity contribution is 6.30. The summed E-state index contributed by atoms with van der Waals surface area (Å²) in [7, 11) is 0. The summed E-state index contributed by atoms with van der Waals surface area (Å²) in [6.45, 7) is 2.62.